The minimum atomic E-state index is -0.378. The van der Waals surface area contributed by atoms with Crippen molar-refractivity contribution in [2.75, 3.05) is 4.90 Å². The van der Waals surface area contributed by atoms with Gasteiger partial charge in [0, 0.05) is 35.9 Å². The first-order valence-corrected chi connectivity index (χ1v) is 11.3. The van der Waals surface area contributed by atoms with Crippen LogP contribution in [0.4, 0.5) is 11.4 Å². The molecule has 1 fully saturated rings. The summed E-state index contributed by atoms with van der Waals surface area (Å²) in [6.07, 6.45) is 3.69. The lowest BCUT2D eigenvalue weighted by Gasteiger charge is -2.29. The standard InChI is InChI=1S/C26H23N5O2S/c1-17-11-12-20(15-18(17)2)30-25(24(28-26(30)34)22-9-3-4-13-27-22)23-10-6-14-29(23)19-7-5-8-21(16-19)31(32)33/h3-16,24-25H,1-2H3,(H,28,34)/t24-,25-/m0/s1. The first-order chi connectivity index (χ1) is 16.4. The van der Waals surface area contributed by atoms with Gasteiger partial charge in [0.2, 0.25) is 0 Å². The van der Waals surface area contributed by atoms with Crippen LogP contribution in [0.2, 0.25) is 0 Å². The number of nitrogens with one attached hydrogen (secondary N) is 1. The molecule has 1 saturated heterocycles. The summed E-state index contributed by atoms with van der Waals surface area (Å²) in [5, 5.41) is 15.5. The number of hydrogen-bond donors (Lipinski definition) is 1. The van der Waals surface area contributed by atoms with E-state index in [4.69, 9.17) is 12.2 Å². The van der Waals surface area contributed by atoms with Gasteiger partial charge in [-0.2, -0.15) is 0 Å². The average molecular weight is 470 g/mol. The van der Waals surface area contributed by atoms with Crippen LogP contribution in [0.5, 0.6) is 0 Å². The van der Waals surface area contributed by atoms with E-state index in [9.17, 15) is 10.1 Å². The second-order valence-corrected chi connectivity index (χ2v) is 8.73. The molecule has 5 rings (SSSR count). The highest BCUT2D eigenvalue weighted by Crippen LogP contribution is 2.42. The lowest BCUT2D eigenvalue weighted by molar-refractivity contribution is -0.384. The molecule has 0 spiro atoms. The third-order valence-electron chi connectivity index (χ3n) is 6.27. The van der Waals surface area contributed by atoms with Crippen LogP contribution in [0.1, 0.15) is 34.6 Å². The molecule has 7 nitrogen and oxygen atoms in total. The smallest absolute Gasteiger partial charge is 0.271 e. The van der Waals surface area contributed by atoms with Crippen molar-refractivity contribution in [3.8, 4) is 5.69 Å². The van der Waals surface area contributed by atoms with Crippen LogP contribution in [0, 0.1) is 24.0 Å². The Kier molecular flexibility index (Phi) is 5.59. The van der Waals surface area contributed by atoms with Crippen LogP contribution in [0.25, 0.3) is 5.69 Å². The van der Waals surface area contributed by atoms with E-state index >= 15 is 0 Å². The van der Waals surface area contributed by atoms with Crippen LogP contribution >= 0.6 is 12.2 Å². The predicted molar refractivity (Wildman–Crippen MR) is 136 cm³/mol. The Balaban J connectivity index is 1.67. The van der Waals surface area contributed by atoms with Gasteiger partial charge >= 0.3 is 0 Å². The molecule has 1 N–H and O–H groups in total. The summed E-state index contributed by atoms with van der Waals surface area (Å²) in [5.41, 5.74) is 5.94. The molecule has 2 atom stereocenters. The van der Waals surface area contributed by atoms with Gasteiger partial charge in [-0.25, -0.2) is 0 Å². The van der Waals surface area contributed by atoms with Crippen molar-refractivity contribution in [3.05, 3.63) is 118 Å². The largest absolute Gasteiger partial charge is 0.351 e. The number of rotatable bonds is 5. The quantitative estimate of drug-likeness (QED) is 0.234. The van der Waals surface area contributed by atoms with Crippen molar-refractivity contribution in [1.82, 2.24) is 14.9 Å². The Morgan fingerprint density at radius 1 is 0.971 bits per heavy atom. The molecular weight excluding hydrogens is 446 g/mol. The summed E-state index contributed by atoms with van der Waals surface area (Å²) in [7, 11) is 0. The molecule has 3 heterocycles. The molecule has 1 aliphatic rings. The van der Waals surface area contributed by atoms with Gasteiger partial charge in [0.1, 0.15) is 6.04 Å². The maximum Gasteiger partial charge on any atom is 0.271 e. The maximum atomic E-state index is 11.4. The minimum Gasteiger partial charge on any atom is -0.351 e. The van der Waals surface area contributed by atoms with Gasteiger partial charge in [-0.15, -0.1) is 0 Å². The Morgan fingerprint density at radius 2 is 1.82 bits per heavy atom. The number of non-ortho nitro benzene ring substituents is 1. The Bertz CT molecular complexity index is 1380. The molecule has 0 saturated carbocycles. The van der Waals surface area contributed by atoms with E-state index in [-0.39, 0.29) is 22.7 Å². The number of nitro groups is 1. The number of thiocarbonyl (C=S) groups is 1. The van der Waals surface area contributed by atoms with E-state index in [1.165, 1.54) is 17.2 Å². The molecule has 2 aromatic heterocycles. The second kappa shape index (κ2) is 8.72. The number of aryl methyl sites for hydroxylation is 2. The highest BCUT2D eigenvalue weighted by atomic mass is 32.1. The van der Waals surface area contributed by atoms with Crippen molar-refractivity contribution in [1.29, 1.82) is 0 Å². The highest BCUT2D eigenvalue weighted by molar-refractivity contribution is 7.80. The summed E-state index contributed by atoms with van der Waals surface area (Å²) in [6.45, 7) is 4.17. The lowest BCUT2D eigenvalue weighted by atomic mass is 10.00. The maximum absolute atomic E-state index is 11.4. The minimum absolute atomic E-state index is 0.0458. The molecule has 0 amide bonds. The number of hydrogen-bond acceptors (Lipinski definition) is 4. The third-order valence-corrected chi connectivity index (χ3v) is 6.58. The SMILES string of the molecule is Cc1ccc(N2C(=S)N[C@@H](c3ccccn3)[C@@H]2c2cccn2-c2cccc([N+](=O)[O-])c2)cc1C. The summed E-state index contributed by atoms with van der Waals surface area (Å²) in [6, 6.07) is 22.3. The first-order valence-electron chi connectivity index (χ1n) is 10.9. The van der Waals surface area contributed by atoms with Gasteiger partial charge in [0.25, 0.3) is 5.69 Å². The number of nitro benzene ring substituents is 1. The van der Waals surface area contributed by atoms with Crippen LogP contribution in [-0.2, 0) is 0 Å². The topological polar surface area (TPSA) is 76.2 Å². The number of anilines is 1. The van der Waals surface area contributed by atoms with Gasteiger partial charge < -0.3 is 14.8 Å². The van der Waals surface area contributed by atoms with Gasteiger partial charge in [-0.1, -0.05) is 18.2 Å². The molecule has 0 bridgehead atoms. The Morgan fingerprint density at radius 3 is 2.56 bits per heavy atom. The first kappa shape index (κ1) is 21.8. The molecule has 34 heavy (non-hydrogen) atoms. The number of aromatic nitrogens is 2. The molecule has 0 unspecified atom stereocenters. The van der Waals surface area contributed by atoms with E-state index in [1.807, 2.05) is 47.2 Å². The monoisotopic (exact) mass is 469 g/mol. The van der Waals surface area contributed by atoms with Crippen LogP contribution in [0.15, 0.2) is 85.2 Å². The van der Waals surface area contributed by atoms with E-state index in [1.54, 1.807) is 18.3 Å². The molecule has 8 heteroatoms. The molecule has 1 aliphatic heterocycles. The molecule has 170 valence electrons. The molecule has 0 aliphatic carbocycles. The van der Waals surface area contributed by atoms with Crippen molar-refractivity contribution >= 4 is 28.7 Å². The van der Waals surface area contributed by atoms with Crippen molar-refractivity contribution in [2.45, 2.75) is 25.9 Å². The normalized spacial score (nSPS) is 17.6. The van der Waals surface area contributed by atoms with Gasteiger partial charge in [-0.05, 0) is 79.7 Å². The predicted octanol–water partition coefficient (Wildman–Crippen LogP) is 5.57. The van der Waals surface area contributed by atoms with Crippen LogP contribution < -0.4 is 10.2 Å². The fourth-order valence-corrected chi connectivity index (χ4v) is 4.78. The van der Waals surface area contributed by atoms with E-state index in [0.717, 1.165) is 17.1 Å². The Labute approximate surface area is 202 Å². The number of nitrogens with zero attached hydrogens (tertiary/aromatic N) is 4. The summed E-state index contributed by atoms with van der Waals surface area (Å²) < 4.78 is 1.98. The van der Waals surface area contributed by atoms with E-state index < -0.39 is 0 Å². The van der Waals surface area contributed by atoms with Gasteiger partial charge in [-0.3, -0.25) is 15.1 Å². The number of pyridine rings is 1. The number of benzene rings is 2. The summed E-state index contributed by atoms with van der Waals surface area (Å²) >= 11 is 5.83. The van der Waals surface area contributed by atoms with Crippen LogP contribution in [-0.4, -0.2) is 19.6 Å². The zero-order valence-electron chi connectivity index (χ0n) is 18.8. The molecule has 0 radical (unpaired) electrons. The van der Waals surface area contributed by atoms with Gasteiger partial charge in [0.05, 0.1) is 22.3 Å². The summed E-state index contributed by atoms with van der Waals surface area (Å²) in [5.74, 6) is 0. The average Bonchev–Trinajstić information content (AvgIpc) is 3.46. The lowest BCUT2D eigenvalue weighted by Crippen LogP contribution is -2.30. The zero-order valence-corrected chi connectivity index (χ0v) is 19.6. The molecular formula is C26H23N5O2S. The van der Waals surface area contributed by atoms with Crippen molar-refractivity contribution in [3.63, 3.8) is 0 Å². The highest BCUT2D eigenvalue weighted by Gasteiger charge is 2.42. The Hall–Kier alpha value is -4.04. The third kappa shape index (κ3) is 3.82. The fourth-order valence-electron chi connectivity index (χ4n) is 4.44. The van der Waals surface area contributed by atoms with Crippen LogP contribution in [0.3, 0.4) is 0 Å². The van der Waals surface area contributed by atoms with Crippen molar-refractivity contribution in [2.24, 2.45) is 0 Å². The fraction of sp³-hybridized carbons (Fsp3) is 0.154. The summed E-state index contributed by atoms with van der Waals surface area (Å²) in [4.78, 5) is 17.7. The zero-order chi connectivity index (χ0) is 23.8. The molecule has 4 aromatic rings. The van der Waals surface area contributed by atoms with E-state index in [0.29, 0.717) is 10.8 Å². The van der Waals surface area contributed by atoms with Crippen molar-refractivity contribution < 1.29 is 4.92 Å². The van der Waals surface area contributed by atoms with E-state index in [2.05, 4.69) is 47.2 Å². The second-order valence-electron chi connectivity index (χ2n) is 8.35. The van der Waals surface area contributed by atoms with Gasteiger partial charge in [0.15, 0.2) is 5.11 Å². The molecule has 2 aromatic carbocycles.